The molecule has 0 radical (unpaired) electrons. The van der Waals surface area contributed by atoms with E-state index in [1.807, 2.05) is 38.4 Å². The summed E-state index contributed by atoms with van der Waals surface area (Å²) in [6.07, 6.45) is 8.30. The van der Waals surface area contributed by atoms with E-state index in [-0.39, 0.29) is 36.6 Å². The van der Waals surface area contributed by atoms with E-state index in [0.29, 0.717) is 38.0 Å². The van der Waals surface area contributed by atoms with E-state index in [1.54, 1.807) is 46.5 Å². The average Bonchev–Trinajstić information content (AvgIpc) is 3.90. The lowest BCUT2D eigenvalue weighted by atomic mass is 10.1. The second kappa shape index (κ2) is 17.5. The van der Waals surface area contributed by atoms with Crippen molar-refractivity contribution in [2.24, 2.45) is 32.0 Å². The molecule has 0 spiro atoms. The van der Waals surface area contributed by atoms with Crippen LogP contribution < -0.4 is 14.8 Å². The number of nitrogens with one attached hydrogen (secondary N) is 4. The molecule has 4 N–H and O–H groups in total. The van der Waals surface area contributed by atoms with E-state index in [1.165, 1.54) is 0 Å². The van der Waals surface area contributed by atoms with Crippen LogP contribution in [-0.4, -0.2) is 88.9 Å². The molecule has 14 nitrogen and oxygen atoms in total. The SMILES string of the molecule is C.C.CCN=C(NS(=O)(=O)c1ccc2c(c1)NCC2)N1CC(CC)C=N1.CCN=C(NS(=O)(=O)c1ccc2cc[nH]c2c1)N1CC(CC)C=N1. The number of guanidine groups is 2. The molecule has 0 aliphatic carbocycles. The summed E-state index contributed by atoms with van der Waals surface area (Å²) in [6.45, 7) is 10.9. The van der Waals surface area contributed by atoms with Crippen LogP contribution in [0.2, 0.25) is 0 Å². The zero-order valence-electron chi connectivity index (χ0n) is 27.7. The van der Waals surface area contributed by atoms with Gasteiger partial charge in [-0.25, -0.2) is 36.3 Å². The van der Waals surface area contributed by atoms with Gasteiger partial charge < -0.3 is 10.3 Å². The van der Waals surface area contributed by atoms with Crippen molar-refractivity contribution in [3.63, 3.8) is 0 Å². The zero-order valence-corrected chi connectivity index (χ0v) is 29.4. The highest BCUT2D eigenvalue weighted by Gasteiger charge is 2.27. The summed E-state index contributed by atoms with van der Waals surface area (Å²) in [4.78, 5) is 12.0. The van der Waals surface area contributed by atoms with Crippen molar-refractivity contribution < 1.29 is 16.8 Å². The van der Waals surface area contributed by atoms with Crippen molar-refractivity contribution in [3.05, 3.63) is 54.2 Å². The lowest BCUT2D eigenvalue weighted by Gasteiger charge is -2.19. The summed E-state index contributed by atoms with van der Waals surface area (Å²) in [7, 11) is -7.43. The maximum absolute atomic E-state index is 12.7. The van der Waals surface area contributed by atoms with Crippen molar-refractivity contribution in [2.45, 2.75) is 71.6 Å². The molecule has 0 saturated heterocycles. The topological polar surface area (TPSA) is 176 Å². The zero-order chi connectivity index (χ0) is 34.3. The minimum atomic E-state index is -3.73. The Morgan fingerprint density at radius 1 is 0.800 bits per heavy atom. The number of benzene rings is 2. The number of aromatic nitrogens is 1. The van der Waals surface area contributed by atoms with Gasteiger partial charge in [0.1, 0.15) is 0 Å². The van der Waals surface area contributed by atoms with Crippen LogP contribution in [0.3, 0.4) is 0 Å². The van der Waals surface area contributed by atoms with Gasteiger partial charge in [0.2, 0.25) is 11.9 Å². The number of hydrazone groups is 2. The molecule has 16 heteroatoms. The predicted molar refractivity (Wildman–Crippen MR) is 205 cm³/mol. The van der Waals surface area contributed by atoms with Crippen molar-refractivity contribution in [2.75, 3.05) is 38.0 Å². The Kier molecular flexibility index (Phi) is 14.0. The predicted octanol–water partition coefficient (Wildman–Crippen LogP) is 5.06. The summed E-state index contributed by atoms with van der Waals surface area (Å²) >= 11 is 0. The fourth-order valence-corrected chi connectivity index (χ4v) is 7.45. The molecule has 3 aliphatic rings. The molecule has 2 atom stereocenters. The Morgan fingerprint density at radius 3 is 1.86 bits per heavy atom. The van der Waals surface area contributed by atoms with Crippen LogP contribution in [0.15, 0.2) is 78.6 Å². The monoisotopic (exact) mass is 728 g/mol. The number of sulfonamides is 2. The first-order valence-corrected chi connectivity index (χ1v) is 19.2. The van der Waals surface area contributed by atoms with E-state index in [2.05, 4.69) is 53.8 Å². The van der Waals surface area contributed by atoms with E-state index in [0.717, 1.165) is 48.0 Å². The van der Waals surface area contributed by atoms with Crippen LogP contribution in [0, 0.1) is 11.8 Å². The molecule has 0 fully saturated rings. The first kappa shape index (κ1) is 40.0. The van der Waals surface area contributed by atoms with Gasteiger partial charge in [0.05, 0.1) is 22.9 Å². The van der Waals surface area contributed by atoms with E-state index in [9.17, 15) is 16.8 Å². The second-order valence-electron chi connectivity index (χ2n) is 11.6. The molecular formula is C34H52N10O4S2. The number of fused-ring (bicyclic) bond motifs is 2. The van der Waals surface area contributed by atoms with Gasteiger partial charge in [0.25, 0.3) is 20.0 Å². The summed E-state index contributed by atoms with van der Waals surface area (Å²) < 4.78 is 56.0. The normalized spacial score (nSPS) is 18.6. The molecule has 2 unspecified atom stereocenters. The molecule has 50 heavy (non-hydrogen) atoms. The molecule has 6 rings (SSSR count). The number of aromatic amines is 1. The quantitative estimate of drug-likeness (QED) is 0.185. The summed E-state index contributed by atoms with van der Waals surface area (Å²) in [5.41, 5.74) is 2.81. The fourth-order valence-electron chi connectivity index (χ4n) is 5.36. The molecule has 0 saturated carbocycles. The molecule has 3 aliphatic heterocycles. The molecule has 1 aromatic heterocycles. The second-order valence-corrected chi connectivity index (χ2v) is 14.9. The van der Waals surface area contributed by atoms with Crippen molar-refractivity contribution in [3.8, 4) is 0 Å². The number of hydrogen-bond donors (Lipinski definition) is 4. The van der Waals surface area contributed by atoms with Crippen molar-refractivity contribution in [1.29, 1.82) is 0 Å². The van der Waals surface area contributed by atoms with E-state index in [4.69, 9.17) is 0 Å². The van der Waals surface area contributed by atoms with Crippen LogP contribution in [0.4, 0.5) is 5.69 Å². The molecule has 274 valence electrons. The van der Waals surface area contributed by atoms with Crippen LogP contribution in [0.5, 0.6) is 0 Å². The number of anilines is 1. The molecular weight excluding hydrogens is 677 g/mol. The van der Waals surface area contributed by atoms with Crippen LogP contribution in [0.25, 0.3) is 10.9 Å². The van der Waals surface area contributed by atoms with Crippen LogP contribution in [0.1, 0.15) is 61.0 Å². The fraction of sp³-hybridized carbons (Fsp3) is 0.471. The smallest absolute Gasteiger partial charge is 0.264 e. The molecule has 4 heterocycles. The highest BCUT2D eigenvalue weighted by Crippen LogP contribution is 2.25. The minimum absolute atomic E-state index is 0. The number of rotatable bonds is 8. The van der Waals surface area contributed by atoms with Crippen LogP contribution >= 0.6 is 0 Å². The highest BCUT2D eigenvalue weighted by molar-refractivity contribution is 7.90. The maximum Gasteiger partial charge on any atom is 0.264 e. The molecule has 3 aromatic rings. The summed E-state index contributed by atoms with van der Waals surface area (Å²) in [5.74, 6) is 1.17. The standard InChI is InChI=1S/C16H23N5O2S.C16H21N5O2S.2CH4/c2*1-3-12-10-19-21(11-12)16(17-4-2)20-24(22,23)14-6-5-13-7-8-18-15(13)9-14;;/h5-6,9-10,12,18H,3-4,7-8,11H2,1-2H3,(H,17,20);5-10,12,18H,3-4,11H2,1-2H3,(H,17,20);2*1H4. The Bertz CT molecular complexity index is 1940. The lowest BCUT2D eigenvalue weighted by molar-refractivity contribution is 0.429. The molecule has 0 amide bonds. The third-order valence-electron chi connectivity index (χ3n) is 8.19. The maximum atomic E-state index is 12.7. The third kappa shape index (κ3) is 9.41. The third-order valence-corrected chi connectivity index (χ3v) is 10.8. The molecule has 0 bridgehead atoms. The van der Waals surface area contributed by atoms with Crippen molar-refractivity contribution in [1.82, 2.24) is 24.4 Å². The van der Waals surface area contributed by atoms with E-state index >= 15 is 0 Å². The Hall–Kier alpha value is -4.44. The largest absolute Gasteiger partial charge is 0.384 e. The first-order valence-electron chi connectivity index (χ1n) is 16.3. The Labute approximate surface area is 297 Å². The minimum Gasteiger partial charge on any atom is -0.384 e. The first-order chi connectivity index (χ1) is 23.1. The average molecular weight is 729 g/mol. The summed E-state index contributed by atoms with van der Waals surface area (Å²) in [5, 5.41) is 16.0. The van der Waals surface area contributed by atoms with Gasteiger partial charge in [0, 0.05) is 61.3 Å². The highest BCUT2D eigenvalue weighted by atomic mass is 32.2. The van der Waals surface area contributed by atoms with Gasteiger partial charge in [0.15, 0.2) is 0 Å². The summed E-state index contributed by atoms with van der Waals surface area (Å²) in [6, 6.07) is 12.1. The van der Waals surface area contributed by atoms with Gasteiger partial charge in [-0.3, -0.25) is 9.98 Å². The molecule has 2 aromatic carbocycles. The Balaban J connectivity index is 0.000000260. The number of H-pyrrole nitrogens is 1. The van der Waals surface area contributed by atoms with Gasteiger partial charge in [-0.05, 0) is 74.4 Å². The Morgan fingerprint density at radius 2 is 1.34 bits per heavy atom. The number of nitrogens with zero attached hydrogens (tertiary/aromatic N) is 6. The number of aliphatic imine (C=N–C) groups is 2. The van der Waals surface area contributed by atoms with Gasteiger partial charge in [-0.2, -0.15) is 10.2 Å². The van der Waals surface area contributed by atoms with Crippen LogP contribution in [-0.2, 0) is 26.5 Å². The van der Waals surface area contributed by atoms with Crippen molar-refractivity contribution >= 4 is 61.0 Å². The van der Waals surface area contributed by atoms with Gasteiger partial charge >= 0.3 is 0 Å². The van der Waals surface area contributed by atoms with Gasteiger partial charge in [-0.1, -0.05) is 40.8 Å². The number of hydrogen-bond acceptors (Lipinski definition) is 9. The lowest BCUT2D eigenvalue weighted by Crippen LogP contribution is -2.41. The van der Waals surface area contributed by atoms with Gasteiger partial charge in [-0.15, -0.1) is 0 Å². The van der Waals surface area contributed by atoms with E-state index < -0.39 is 20.0 Å².